The van der Waals surface area contributed by atoms with Crippen LogP contribution in [0.1, 0.15) is 24.5 Å². The number of aryl methyl sites for hydroxylation is 1. The van der Waals surface area contributed by atoms with E-state index in [1.54, 1.807) is 36.9 Å². The van der Waals surface area contributed by atoms with Gasteiger partial charge in [-0.2, -0.15) is 11.8 Å². The molecule has 0 bridgehead atoms. The van der Waals surface area contributed by atoms with E-state index in [1.165, 1.54) is 0 Å². The standard InChI is InChI=1S/C15H21NO3S2/c1-4-14(11-20-3)16-21(18,19)15-8-7-13(6-5-9-17)12(2)10-15/h7-8,10,14,16-17H,4,9,11H2,1-3H3. The first-order valence-electron chi connectivity index (χ1n) is 6.66. The predicted octanol–water partition coefficient (Wildman–Crippen LogP) is 1.76. The zero-order chi connectivity index (χ0) is 15.9. The maximum Gasteiger partial charge on any atom is 0.240 e. The van der Waals surface area contributed by atoms with Crippen molar-refractivity contribution in [2.75, 3.05) is 18.6 Å². The first kappa shape index (κ1) is 18.1. The predicted molar refractivity (Wildman–Crippen MR) is 87.9 cm³/mol. The maximum absolute atomic E-state index is 12.4. The third-order valence-electron chi connectivity index (χ3n) is 2.99. The van der Waals surface area contributed by atoms with Gasteiger partial charge >= 0.3 is 0 Å². The van der Waals surface area contributed by atoms with Crippen LogP contribution in [0, 0.1) is 18.8 Å². The quantitative estimate of drug-likeness (QED) is 0.781. The molecule has 0 saturated heterocycles. The van der Waals surface area contributed by atoms with Crippen LogP contribution in [0.15, 0.2) is 23.1 Å². The number of hydrogen-bond acceptors (Lipinski definition) is 4. The summed E-state index contributed by atoms with van der Waals surface area (Å²) in [5, 5.41) is 8.70. The van der Waals surface area contributed by atoms with E-state index < -0.39 is 10.0 Å². The normalized spacial score (nSPS) is 12.6. The highest BCUT2D eigenvalue weighted by Gasteiger charge is 2.19. The van der Waals surface area contributed by atoms with Gasteiger partial charge in [0.25, 0.3) is 0 Å². The highest BCUT2D eigenvalue weighted by atomic mass is 32.2. The number of thioether (sulfide) groups is 1. The lowest BCUT2D eigenvalue weighted by Gasteiger charge is -2.16. The lowest BCUT2D eigenvalue weighted by atomic mass is 10.1. The van der Waals surface area contributed by atoms with Gasteiger partial charge in [-0.1, -0.05) is 18.8 Å². The summed E-state index contributed by atoms with van der Waals surface area (Å²) in [5.74, 6) is 6.10. The number of rotatable bonds is 6. The van der Waals surface area contributed by atoms with E-state index in [0.717, 1.165) is 23.3 Å². The van der Waals surface area contributed by atoms with Crippen molar-refractivity contribution in [3.8, 4) is 11.8 Å². The average Bonchev–Trinajstić information content (AvgIpc) is 2.45. The summed E-state index contributed by atoms with van der Waals surface area (Å²) < 4.78 is 27.4. The van der Waals surface area contributed by atoms with Gasteiger partial charge in [-0.15, -0.1) is 0 Å². The number of aliphatic hydroxyl groups excluding tert-OH is 1. The average molecular weight is 327 g/mol. The molecular weight excluding hydrogens is 306 g/mol. The van der Waals surface area contributed by atoms with Gasteiger partial charge in [0.05, 0.1) is 4.90 Å². The highest BCUT2D eigenvalue weighted by molar-refractivity contribution is 7.98. The fourth-order valence-corrected chi connectivity index (χ4v) is 4.03. The Morgan fingerprint density at radius 1 is 1.43 bits per heavy atom. The van der Waals surface area contributed by atoms with Crippen molar-refractivity contribution in [3.63, 3.8) is 0 Å². The van der Waals surface area contributed by atoms with E-state index in [0.29, 0.717) is 0 Å². The summed E-state index contributed by atoms with van der Waals surface area (Å²) in [6, 6.07) is 4.75. The molecule has 1 atom stereocenters. The molecule has 2 N–H and O–H groups in total. The topological polar surface area (TPSA) is 66.4 Å². The highest BCUT2D eigenvalue weighted by Crippen LogP contribution is 2.16. The number of benzene rings is 1. The molecule has 0 heterocycles. The fraction of sp³-hybridized carbons (Fsp3) is 0.467. The Balaban J connectivity index is 3.01. The lowest BCUT2D eigenvalue weighted by Crippen LogP contribution is -2.36. The van der Waals surface area contributed by atoms with Gasteiger partial charge in [-0.25, -0.2) is 13.1 Å². The van der Waals surface area contributed by atoms with Gasteiger partial charge in [0.2, 0.25) is 10.0 Å². The molecule has 0 fully saturated rings. The largest absolute Gasteiger partial charge is 0.384 e. The Morgan fingerprint density at radius 3 is 2.67 bits per heavy atom. The minimum atomic E-state index is -3.51. The summed E-state index contributed by atoms with van der Waals surface area (Å²) >= 11 is 1.62. The number of nitrogens with one attached hydrogen (secondary N) is 1. The van der Waals surface area contributed by atoms with Gasteiger partial charge in [0.15, 0.2) is 0 Å². The summed E-state index contributed by atoms with van der Waals surface area (Å²) in [5.41, 5.74) is 1.50. The van der Waals surface area contributed by atoms with E-state index in [1.807, 2.05) is 13.2 Å². The number of sulfonamides is 1. The van der Waals surface area contributed by atoms with Crippen LogP contribution in [-0.2, 0) is 10.0 Å². The van der Waals surface area contributed by atoms with Gasteiger partial charge in [-0.05, 0) is 43.4 Å². The molecule has 116 valence electrons. The number of hydrogen-bond donors (Lipinski definition) is 2. The Hall–Kier alpha value is -1.00. The minimum absolute atomic E-state index is 0.0702. The first-order valence-corrected chi connectivity index (χ1v) is 9.54. The smallest absolute Gasteiger partial charge is 0.240 e. The van der Waals surface area contributed by atoms with E-state index in [2.05, 4.69) is 16.6 Å². The summed E-state index contributed by atoms with van der Waals surface area (Å²) in [6.07, 6.45) is 2.70. The maximum atomic E-state index is 12.4. The van der Waals surface area contributed by atoms with Crippen LogP contribution < -0.4 is 4.72 Å². The Morgan fingerprint density at radius 2 is 2.14 bits per heavy atom. The summed E-state index contributed by atoms with van der Waals surface area (Å²) in [7, 11) is -3.51. The summed E-state index contributed by atoms with van der Waals surface area (Å²) in [6.45, 7) is 3.55. The molecule has 0 aliphatic carbocycles. The van der Waals surface area contributed by atoms with Crippen molar-refractivity contribution in [2.45, 2.75) is 31.2 Å². The second kappa shape index (κ2) is 8.44. The molecule has 0 radical (unpaired) electrons. The van der Waals surface area contributed by atoms with Gasteiger partial charge in [-0.3, -0.25) is 0 Å². The monoisotopic (exact) mass is 327 g/mol. The van der Waals surface area contributed by atoms with E-state index in [9.17, 15) is 8.42 Å². The fourth-order valence-electron chi connectivity index (χ4n) is 1.80. The second-order valence-electron chi connectivity index (χ2n) is 4.62. The zero-order valence-corrected chi connectivity index (χ0v) is 14.1. The molecule has 6 heteroatoms. The molecular formula is C15H21NO3S2. The molecule has 1 rings (SSSR count). The van der Waals surface area contributed by atoms with Crippen LogP contribution in [0.3, 0.4) is 0 Å². The van der Waals surface area contributed by atoms with Crippen molar-refractivity contribution < 1.29 is 13.5 Å². The van der Waals surface area contributed by atoms with Crippen LogP contribution in [-0.4, -0.2) is 38.2 Å². The molecule has 21 heavy (non-hydrogen) atoms. The molecule has 4 nitrogen and oxygen atoms in total. The molecule has 0 spiro atoms. The molecule has 0 aromatic heterocycles. The Labute approximate surface area is 131 Å². The van der Waals surface area contributed by atoms with Crippen molar-refractivity contribution in [3.05, 3.63) is 29.3 Å². The van der Waals surface area contributed by atoms with Crippen molar-refractivity contribution in [1.82, 2.24) is 4.72 Å². The molecule has 1 aromatic carbocycles. The Kier molecular flexibility index (Phi) is 7.26. The van der Waals surface area contributed by atoms with Crippen molar-refractivity contribution >= 4 is 21.8 Å². The lowest BCUT2D eigenvalue weighted by molar-refractivity contribution is 0.350. The third-order valence-corrected chi connectivity index (χ3v) is 5.25. The van der Waals surface area contributed by atoms with Crippen LogP contribution >= 0.6 is 11.8 Å². The van der Waals surface area contributed by atoms with Gasteiger partial charge < -0.3 is 5.11 Å². The SMILES string of the molecule is CCC(CSC)NS(=O)(=O)c1ccc(C#CCO)c(C)c1. The van der Waals surface area contributed by atoms with Crippen LogP contribution in [0.4, 0.5) is 0 Å². The molecule has 1 unspecified atom stereocenters. The van der Waals surface area contributed by atoms with Crippen LogP contribution in [0.5, 0.6) is 0 Å². The van der Waals surface area contributed by atoms with E-state index in [4.69, 9.17) is 5.11 Å². The van der Waals surface area contributed by atoms with Gasteiger partial charge in [0, 0.05) is 17.4 Å². The van der Waals surface area contributed by atoms with Crippen LogP contribution in [0.2, 0.25) is 0 Å². The Bertz CT molecular complexity index is 630. The zero-order valence-electron chi connectivity index (χ0n) is 12.5. The van der Waals surface area contributed by atoms with E-state index in [-0.39, 0.29) is 17.5 Å². The minimum Gasteiger partial charge on any atom is -0.384 e. The van der Waals surface area contributed by atoms with Crippen molar-refractivity contribution in [2.24, 2.45) is 0 Å². The second-order valence-corrected chi connectivity index (χ2v) is 7.24. The molecule has 0 aliphatic rings. The summed E-state index contributed by atoms with van der Waals surface area (Å²) in [4.78, 5) is 0.245. The van der Waals surface area contributed by atoms with E-state index >= 15 is 0 Å². The molecule has 0 amide bonds. The first-order chi connectivity index (χ1) is 9.94. The third kappa shape index (κ3) is 5.36. The van der Waals surface area contributed by atoms with Crippen molar-refractivity contribution in [1.29, 1.82) is 0 Å². The van der Waals surface area contributed by atoms with Crippen LogP contribution in [0.25, 0.3) is 0 Å². The molecule has 1 aromatic rings. The molecule has 0 aliphatic heterocycles. The number of aliphatic hydroxyl groups is 1. The molecule has 0 saturated carbocycles. The van der Waals surface area contributed by atoms with Gasteiger partial charge in [0.1, 0.15) is 6.61 Å².